The van der Waals surface area contributed by atoms with Gasteiger partial charge in [0, 0.05) is 37.4 Å². The largest absolute Gasteiger partial charge is 0.502 e. The van der Waals surface area contributed by atoms with E-state index in [0.717, 1.165) is 18.2 Å². The van der Waals surface area contributed by atoms with Crippen molar-refractivity contribution < 1.29 is 27.8 Å². The molecule has 3 heterocycles. The Kier molecular flexibility index (Phi) is 4.80. The van der Waals surface area contributed by atoms with Gasteiger partial charge in [-0.3, -0.25) is 19.3 Å². The molecule has 2 aliphatic rings. The number of halogens is 3. The van der Waals surface area contributed by atoms with Crippen molar-refractivity contribution in [1.29, 1.82) is 0 Å². The lowest BCUT2D eigenvalue weighted by molar-refractivity contribution is 0.0573. The number of aromatic hydroxyl groups is 1. The number of aromatic nitrogens is 1. The molecule has 1 aromatic heterocycles. The van der Waals surface area contributed by atoms with Crippen LogP contribution in [-0.4, -0.2) is 40.4 Å². The molecule has 1 N–H and O–H groups in total. The molecular formula is C23H18F3N3O4. The zero-order valence-corrected chi connectivity index (χ0v) is 17.3. The molecule has 1 amide bonds. The van der Waals surface area contributed by atoms with Gasteiger partial charge in [-0.05, 0) is 23.8 Å². The second-order valence-electron chi connectivity index (χ2n) is 7.89. The zero-order valence-electron chi connectivity index (χ0n) is 17.3. The van der Waals surface area contributed by atoms with Crippen molar-refractivity contribution in [3.05, 3.63) is 93.2 Å². The highest BCUT2D eigenvalue weighted by Crippen LogP contribution is 2.41. The van der Waals surface area contributed by atoms with Gasteiger partial charge < -0.3 is 14.7 Å². The number of hydrogen-bond donors (Lipinski definition) is 1. The van der Waals surface area contributed by atoms with Crippen LogP contribution in [0.1, 0.15) is 34.1 Å². The van der Waals surface area contributed by atoms with Gasteiger partial charge in [0.2, 0.25) is 5.43 Å². The molecule has 0 saturated heterocycles. The molecule has 0 radical (unpaired) electrons. The van der Waals surface area contributed by atoms with E-state index in [4.69, 9.17) is 4.74 Å². The number of nitrogens with zero attached hydrogens (tertiary/aromatic N) is 3. The molecule has 2 atom stereocenters. The van der Waals surface area contributed by atoms with Gasteiger partial charge in [-0.2, -0.15) is 0 Å². The van der Waals surface area contributed by atoms with Gasteiger partial charge in [0.15, 0.2) is 23.1 Å². The maximum atomic E-state index is 14.4. The minimum atomic E-state index is -1.11. The third-order valence-corrected chi connectivity index (χ3v) is 6.01. The summed E-state index contributed by atoms with van der Waals surface area (Å²) in [4.78, 5) is 26.5. The number of carbonyl (C=O) groups excluding carboxylic acids is 1. The third kappa shape index (κ3) is 3.21. The number of benzene rings is 2. The van der Waals surface area contributed by atoms with Crippen LogP contribution < -0.4 is 15.2 Å². The van der Waals surface area contributed by atoms with E-state index in [1.807, 2.05) is 0 Å². The van der Waals surface area contributed by atoms with Crippen molar-refractivity contribution in [2.75, 3.05) is 18.7 Å². The number of fused-ring (bicyclic) bond motifs is 4. The summed E-state index contributed by atoms with van der Waals surface area (Å²) >= 11 is 0. The van der Waals surface area contributed by atoms with Crippen LogP contribution in [0.5, 0.6) is 11.5 Å². The Balaban J connectivity index is 1.84. The summed E-state index contributed by atoms with van der Waals surface area (Å²) in [6, 6.07) is 7.60. The summed E-state index contributed by atoms with van der Waals surface area (Å²) in [7, 11) is 1.51. The molecule has 170 valence electrons. The van der Waals surface area contributed by atoms with Crippen LogP contribution in [0.25, 0.3) is 0 Å². The Morgan fingerprint density at radius 3 is 2.45 bits per heavy atom. The average molecular weight is 457 g/mol. The van der Waals surface area contributed by atoms with Gasteiger partial charge in [-0.15, -0.1) is 0 Å². The smallest absolute Gasteiger partial charge is 0.277 e. The Morgan fingerprint density at radius 2 is 1.73 bits per heavy atom. The Morgan fingerprint density at radius 1 is 1.03 bits per heavy atom. The van der Waals surface area contributed by atoms with E-state index in [1.165, 1.54) is 47.1 Å². The maximum Gasteiger partial charge on any atom is 0.277 e. The summed E-state index contributed by atoms with van der Waals surface area (Å²) in [6.07, 6.45) is 0.960. The van der Waals surface area contributed by atoms with Gasteiger partial charge in [-0.1, -0.05) is 12.1 Å². The first kappa shape index (κ1) is 20.9. The molecule has 0 spiro atoms. The van der Waals surface area contributed by atoms with Gasteiger partial charge in [0.25, 0.3) is 5.91 Å². The van der Waals surface area contributed by atoms with Crippen LogP contribution in [-0.2, 0) is 0 Å². The SMILES string of the molecule is CN1C(=O)c2c(O)c(=O)ccn2N2C1CCOc1cc(F)c(F)cc1[C@@H]2c1ccc(F)cc1. The quantitative estimate of drug-likeness (QED) is 0.609. The Bertz CT molecular complexity index is 1330. The normalized spacial score (nSPS) is 19.7. The third-order valence-electron chi connectivity index (χ3n) is 6.01. The fourth-order valence-corrected chi connectivity index (χ4v) is 4.43. The topological polar surface area (TPSA) is 75.0 Å². The van der Waals surface area contributed by atoms with Crippen molar-refractivity contribution in [2.45, 2.75) is 18.6 Å². The molecular weight excluding hydrogens is 439 g/mol. The minimum Gasteiger partial charge on any atom is -0.502 e. The molecule has 0 bridgehead atoms. The summed E-state index contributed by atoms with van der Waals surface area (Å²) in [6.45, 7) is 0.0779. The average Bonchev–Trinajstić information content (AvgIpc) is 2.78. The van der Waals surface area contributed by atoms with Crippen molar-refractivity contribution >= 4 is 5.91 Å². The van der Waals surface area contributed by atoms with E-state index in [9.17, 15) is 27.9 Å². The highest BCUT2D eigenvalue weighted by atomic mass is 19.2. The predicted molar refractivity (Wildman–Crippen MR) is 111 cm³/mol. The first-order valence-electron chi connectivity index (χ1n) is 10.2. The fraction of sp³-hybridized carbons (Fsp3) is 0.217. The maximum absolute atomic E-state index is 14.4. The van der Waals surface area contributed by atoms with Crippen molar-refractivity contribution in [3.63, 3.8) is 0 Å². The first-order valence-corrected chi connectivity index (χ1v) is 10.2. The molecule has 33 heavy (non-hydrogen) atoms. The molecule has 1 unspecified atom stereocenters. The van der Waals surface area contributed by atoms with Gasteiger partial charge >= 0.3 is 0 Å². The monoisotopic (exact) mass is 457 g/mol. The van der Waals surface area contributed by atoms with E-state index in [1.54, 1.807) is 5.01 Å². The first-order chi connectivity index (χ1) is 15.8. The molecule has 2 aliphatic heterocycles. The number of carbonyl (C=O) groups is 1. The van der Waals surface area contributed by atoms with Crippen LogP contribution in [0, 0.1) is 17.5 Å². The highest BCUT2D eigenvalue weighted by Gasteiger charge is 2.43. The summed E-state index contributed by atoms with van der Waals surface area (Å²) in [5, 5.41) is 12.1. The van der Waals surface area contributed by atoms with E-state index < -0.39 is 46.7 Å². The highest BCUT2D eigenvalue weighted by molar-refractivity contribution is 5.96. The molecule has 7 nitrogen and oxygen atoms in total. The number of ether oxygens (including phenoxy) is 1. The number of amides is 1. The van der Waals surface area contributed by atoms with Gasteiger partial charge in [-0.25, -0.2) is 13.2 Å². The number of hydrogen-bond acceptors (Lipinski definition) is 5. The Labute approximate surface area is 185 Å². The van der Waals surface area contributed by atoms with Gasteiger partial charge in [0.05, 0.1) is 6.61 Å². The van der Waals surface area contributed by atoms with Crippen LogP contribution in [0.3, 0.4) is 0 Å². The van der Waals surface area contributed by atoms with Crippen molar-refractivity contribution in [2.24, 2.45) is 0 Å². The molecule has 0 aliphatic carbocycles. The summed E-state index contributed by atoms with van der Waals surface area (Å²) in [5.74, 6) is -3.91. The van der Waals surface area contributed by atoms with E-state index >= 15 is 0 Å². The second-order valence-corrected chi connectivity index (χ2v) is 7.89. The van der Waals surface area contributed by atoms with E-state index in [-0.39, 0.29) is 30.0 Å². The van der Waals surface area contributed by atoms with Crippen molar-refractivity contribution in [3.8, 4) is 11.5 Å². The van der Waals surface area contributed by atoms with Crippen LogP contribution in [0.4, 0.5) is 13.2 Å². The second kappa shape index (κ2) is 7.58. The summed E-state index contributed by atoms with van der Waals surface area (Å²) < 4.78 is 49.3. The standard InChI is InChI=1S/C23H18F3N3O4/c1-27-19-7-9-33-18-11-16(26)15(25)10-14(18)20(12-2-4-13(24)5-3-12)29(19)28-8-6-17(30)22(31)21(28)23(27)32/h2-6,8,10-11,19-20,31H,7,9H2,1H3/t19?,20-/m0/s1. The molecule has 0 fully saturated rings. The van der Waals surface area contributed by atoms with Crippen LogP contribution >= 0.6 is 0 Å². The predicted octanol–water partition coefficient (Wildman–Crippen LogP) is 2.89. The van der Waals surface area contributed by atoms with E-state index in [2.05, 4.69) is 0 Å². The van der Waals surface area contributed by atoms with Crippen LogP contribution in [0.2, 0.25) is 0 Å². The lowest BCUT2D eigenvalue weighted by Gasteiger charge is -2.49. The molecule has 0 saturated carbocycles. The zero-order chi connectivity index (χ0) is 23.4. The van der Waals surface area contributed by atoms with Crippen LogP contribution in [0.15, 0.2) is 53.5 Å². The molecule has 5 rings (SSSR count). The number of pyridine rings is 1. The van der Waals surface area contributed by atoms with Gasteiger partial charge in [0.1, 0.15) is 23.8 Å². The lowest BCUT2D eigenvalue weighted by atomic mass is 9.94. The summed E-state index contributed by atoms with van der Waals surface area (Å²) in [5.41, 5.74) is -0.272. The Hall–Kier alpha value is -3.95. The molecule has 2 aromatic carbocycles. The molecule has 3 aromatic rings. The fourth-order valence-electron chi connectivity index (χ4n) is 4.43. The van der Waals surface area contributed by atoms with E-state index in [0.29, 0.717) is 5.56 Å². The lowest BCUT2D eigenvalue weighted by Crippen LogP contribution is -2.62. The van der Waals surface area contributed by atoms with Crippen molar-refractivity contribution in [1.82, 2.24) is 9.58 Å². The number of rotatable bonds is 1. The minimum absolute atomic E-state index is 0.0779. The molecule has 10 heteroatoms.